The van der Waals surface area contributed by atoms with Gasteiger partial charge in [-0.25, -0.2) is 4.99 Å². The van der Waals surface area contributed by atoms with Crippen LogP contribution in [0.15, 0.2) is 65.7 Å². The number of hydrogen-bond donors (Lipinski definition) is 1. The van der Waals surface area contributed by atoms with Crippen molar-refractivity contribution in [1.82, 2.24) is 0 Å². The van der Waals surface area contributed by atoms with Crippen LogP contribution in [0.2, 0.25) is 0 Å². The maximum atomic E-state index is 12.2. The van der Waals surface area contributed by atoms with Crippen LogP contribution in [0, 0.1) is 6.92 Å². The molecule has 1 amide bonds. The van der Waals surface area contributed by atoms with Crippen LogP contribution in [-0.4, -0.2) is 11.6 Å². The van der Waals surface area contributed by atoms with E-state index in [1.807, 2.05) is 67.6 Å². The highest BCUT2D eigenvalue weighted by molar-refractivity contribution is 6.54. The highest BCUT2D eigenvalue weighted by Gasteiger charge is 2.26. The fourth-order valence-electron chi connectivity index (χ4n) is 2.80. The first-order chi connectivity index (χ1) is 10.7. The molecule has 106 valence electrons. The fourth-order valence-corrected chi connectivity index (χ4v) is 2.80. The van der Waals surface area contributed by atoms with Gasteiger partial charge in [-0.1, -0.05) is 48.0 Å². The van der Waals surface area contributed by atoms with Gasteiger partial charge in [0.05, 0.1) is 11.4 Å². The van der Waals surface area contributed by atoms with Gasteiger partial charge < -0.3 is 5.32 Å². The van der Waals surface area contributed by atoms with Gasteiger partial charge in [0.1, 0.15) is 5.71 Å². The first-order valence-electron chi connectivity index (χ1n) is 7.21. The topological polar surface area (TPSA) is 41.5 Å². The van der Waals surface area contributed by atoms with E-state index in [9.17, 15) is 4.79 Å². The zero-order chi connectivity index (χ0) is 15.1. The number of benzene rings is 3. The monoisotopic (exact) mass is 286 g/mol. The summed E-state index contributed by atoms with van der Waals surface area (Å²) < 4.78 is 0. The summed E-state index contributed by atoms with van der Waals surface area (Å²) in [4.78, 5) is 16.9. The SMILES string of the molecule is Cc1ccc2c(c1)C(=Nc1cccc3ccccc13)C(=O)N2. The van der Waals surface area contributed by atoms with Gasteiger partial charge in [0, 0.05) is 10.9 Å². The Hall–Kier alpha value is -2.94. The van der Waals surface area contributed by atoms with E-state index in [4.69, 9.17) is 0 Å². The molecule has 0 radical (unpaired) electrons. The van der Waals surface area contributed by atoms with Gasteiger partial charge in [-0.15, -0.1) is 0 Å². The first-order valence-corrected chi connectivity index (χ1v) is 7.21. The van der Waals surface area contributed by atoms with Crippen molar-refractivity contribution in [1.29, 1.82) is 0 Å². The number of nitrogens with one attached hydrogen (secondary N) is 1. The molecule has 22 heavy (non-hydrogen) atoms. The number of aliphatic imine (C=N–C) groups is 1. The molecule has 0 bridgehead atoms. The van der Waals surface area contributed by atoms with Crippen molar-refractivity contribution in [2.75, 3.05) is 5.32 Å². The number of anilines is 1. The van der Waals surface area contributed by atoms with Crippen molar-refractivity contribution < 1.29 is 4.79 Å². The molecule has 3 nitrogen and oxygen atoms in total. The molecule has 0 spiro atoms. The number of amides is 1. The molecular formula is C19H14N2O. The van der Waals surface area contributed by atoms with Gasteiger partial charge in [0.2, 0.25) is 0 Å². The molecule has 0 fully saturated rings. The van der Waals surface area contributed by atoms with Crippen LogP contribution in [0.25, 0.3) is 10.8 Å². The second kappa shape index (κ2) is 4.81. The molecule has 1 heterocycles. The van der Waals surface area contributed by atoms with Crippen LogP contribution in [-0.2, 0) is 4.79 Å². The van der Waals surface area contributed by atoms with Crippen molar-refractivity contribution in [3.63, 3.8) is 0 Å². The van der Waals surface area contributed by atoms with Gasteiger partial charge in [-0.2, -0.15) is 0 Å². The second-order valence-corrected chi connectivity index (χ2v) is 5.46. The summed E-state index contributed by atoms with van der Waals surface area (Å²) in [6.07, 6.45) is 0. The van der Waals surface area contributed by atoms with E-state index in [0.717, 1.165) is 33.3 Å². The lowest BCUT2D eigenvalue weighted by Crippen LogP contribution is -2.13. The van der Waals surface area contributed by atoms with Crippen molar-refractivity contribution in [2.45, 2.75) is 6.92 Å². The average Bonchev–Trinajstić information content (AvgIpc) is 2.83. The molecule has 3 heteroatoms. The molecule has 0 unspecified atom stereocenters. The second-order valence-electron chi connectivity index (χ2n) is 5.46. The predicted molar refractivity (Wildman–Crippen MR) is 90.0 cm³/mol. The Balaban J connectivity index is 1.93. The van der Waals surface area contributed by atoms with Crippen molar-refractivity contribution in [3.8, 4) is 0 Å². The lowest BCUT2D eigenvalue weighted by atomic mass is 10.1. The zero-order valence-corrected chi connectivity index (χ0v) is 12.1. The van der Waals surface area contributed by atoms with Gasteiger partial charge in [0.15, 0.2) is 0 Å². The first kappa shape index (κ1) is 12.8. The van der Waals surface area contributed by atoms with E-state index in [-0.39, 0.29) is 5.91 Å². The molecule has 1 N–H and O–H groups in total. The molecule has 0 aromatic heterocycles. The number of carbonyl (C=O) groups is 1. The average molecular weight is 286 g/mol. The maximum Gasteiger partial charge on any atom is 0.275 e. The summed E-state index contributed by atoms with van der Waals surface area (Å²) in [5.41, 5.74) is 4.11. The Morgan fingerprint density at radius 2 is 1.77 bits per heavy atom. The molecule has 1 aliphatic heterocycles. The molecule has 1 aliphatic rings. The molecule has 0 aliphatic carbocycles. The quantitative estimate of drug-likeness (QED) is 0.715. The lowest BCUT2D eigenvalue weighted by Gasteiger charge is -2.03. The summed E-state index contributed by atoms with van der Waals surface area (Å²) in [6.45, 7) is 2.01. The smallest absolute Gasteiger partial charge is 0.275 e. The zero-order valence-electron chi connectivity index (χ0n) is 12.1. The summed E-state index contributed by atoms with van der Waals surface area (Å²) in [6, 6.07) is 19.9. The Kier molecular flexibility index (Phi) is 2.79. The van der Waals surface area contributed by atoms with Gasteiger partial charge in [0.25, 0.3) is 5.91 Å². The Labute approximate surface area is 128 Å². The van der Waals surface area contributed by atoms with Crippen molar-refractivity contribution in [2.24, 2.45) is 4.99 Å². The molecule has 3 aromatic carbocycles. The Morgan fingerprint density at radius 3 is 2.68 bits per heavy atom. The van der Waals surface area contributed by atoms with Crippen LogP contribution in [0.4, 0.5) is 11.4 Å². The largest absolute Gasteiger partial charge is 0.320 e. The number of rotatable bonds is 1. The molecule has 0 saturated heterocycles. The third kappa shape index (κ3) is 1.99. The predicted octanol–water partition coefficient (Wildman–Crippen LogP) is 4.22. The van der Waals surface area contributed by atoms with E-state index in [1.165, 1.54) is 0 Å². The van der Waals surface area contributed by atoms with Crippen LogP contribution >= 0.6 is 0 Å². The van der Waals surface area contributed by atoms with Crippen LogP contribution < -0.4 is 5.32 Å². The lowest BCUT2D eigenvalue weighted by molar-refractivity contribution is -0.110. The third-order valence-corrected chi connectivity index (χ3v) is 3.89. The molecule has 0 saturated carbocycles. The summed E-state index contributed by atoms with van der Waals surface area (Å²) in [5.74, 6) is -0.145. The number of fused-ring (bicyclic) bond motifs is 2. The highest BCUT2D eigenvalue weighted by atomic mass is 16.2. The summed E-state index contributed by atoms with van der Waals surface area (Å²) in [5, 5.41) is 5.04. The van der Waals surface area contributed by atoms with Crippen molar-refractivity contribution in [3.05, 3.63) is 71.8 Å². The molecule has 0 atom stereocenters. The third-order valence-electron chi connectivity index (χ3n) is 3.89. The molecular weight excluding hydrogens is 272 g/mol. The van der Waals surface area contributed by atoms with Gasteiger partial charge >= 0.3 is 0 Å². The van der Waals surface area contributed by atoms with E-state index in [2.05, 4.69) is 10.3 Å². The standard InChI is InChI=1S/C19H14N2O/c1-12-9-10-17-15(11-12)18(19(22)21-17)20-16-8-4-6-13-5-2-3-7-14(13)16/h2-11H,1H3,(H,20,21,22). The number of aryl methyl sites for hydroxylation is 1. The number of carbonyl (C=O) groups excluding carboxylic acids is 1. The van der Waals surface area contributed by atoms with E-state index < -0.39 is 0 Å². The number of nitrogens with zero attached hydrogens (tertiary/aromatic N) is 1. The van der Waals surface area contributed by atoms with Crippen molar-refractivity contribution >= 4 is 33.8 Å². The fraction of sp³-hybridized carbons (Fsp3) is 0.0526. The van der Waals surface area contributed by atoms with E-state index in [0.29, 0.717) is 5.71 Å². The highest BCUT2D eigenvalue weighted by Crippen LogP contribution is 2.30. The number of hydrogen-bond acceptors (Lipinski definition) is 2. The van der Waals surface area contributed by atoms with Crippen LogP contribution in [0.1, 0.15) is 11.1 Å². The maximum absolute atomic E-state index is 12.2. The summed E-state index contributed by atoms with van der Waals surface area (Å²) in [7, 11) is 0. The van der Waals surface area contributed by atoms with E-state index in [1.54, 1.807) is 0 Å². The Morgan fingerprint density at radius 1 is 0.955 bits per heavy atom. The van der Waals surface area contributed by atoms with Gasteiger partial charge in [-0.3, -0.25) is 4.79 Å². The van der Waals surface area contributed by atoms with Crippen LogP contribution in [0.5, 0.6) is 0 Å². The van der Waals surface area contributed by atoms with E-state index >= 15 is 0 Å². The molecule has 3 aromatic rings. The Bertz CT molecular complexity index is 936. The minimum atomic E-state index is -0.145. The van der Waals surface area contributed by atoms with Gasteiger partial charge in [-0.05, 0) is 30.5 Å². The molecule has 4 rings (SSSR count). The minimum absolute atomic E-state index is 0.145. The normalized spacial score (nSPS) is 15.1. The van der Waals surface area contributed by atoms with Crippen LogP contribution in [0.3, 0.4) is 0 Å². The summed E-state index contributed by atoms with van der Waals surface area (Å²) >= 11 is 0. The minimum Gasteiger partial charge on any atom is -0.320 e.